The summed E-state index contributed by atoms with van der Waals surface area (Å²) in [5.74, 6) is 2.78. The van der Waals surface area contributed by atoms with Crippen molar-refractivity contribution in [3.8, 4) is 23.0 Å². The normalized spacial score (nSPS) is 17.3. The summed E-state index contributed by atoms with van der Waals surface area (Å²) in [5, 5.41) is 24.1. The second-order valence-electron chi connectivity index (χ2n) is 16.7. The first-order chi connectivity index (χ1) is 33.7. The highest BCUT2D eigenvalue weighted by Gasteiger charge is 2.52. The van der Waals surface area contributed by atoms with Crippen molar-refractivity contribution in [2.45, 2.75) is 61.9 Å². The molecule has 6 aromatic carbocycles. The Morgan fingerprint density at radius 3 is 1.48 bits per heavy atom. The smallest absolute Gasteiger partial charge is 0.273 e. The van der Waals surface area contributed by atoms with E-state index in [0.29, 0.717) is 29.4 Å². The molecule has 1 aliphatic heterocycles. The van der Waals surface area contributed by atoms with Crippen LogP contribution in [0.15, 0.2) is 181 Å². The fourth-order valence-corrected chi connectivity index (χ4v) is 9.07. The maximum absolute atomic E-state index is 13.0. The summed E-state index contributed by atoms with van der Waals surface area (Å²) < 4.78 is 46.2. The van der Waals surface area contributed by atoms with Crippen LogP contribution in [0, 0.1) is 0 Å². The molecule has 1 saturated heterocycles. The number of ether oxygens (including phenoxy) is 7. The molecule has 0 bridgehead atoms. The molecule has 2 heterocycles. The topological polar surface area (TPSA) is 140 Å². The molecular weight excluding hydrogens is 873 g/mol. The molecule has 4 atom stereocenters. The van der Waals surface area contributed by atoms with Crippen LogP contribution in [-0.4, -0.2) is 73.1 Å². The third kappa shape index (κ3) is 10.0. The van der Waals surface area contributed by atoms with Crippen molar-refractivity contribution < 1.29 is 43.4 Å². The maximum Gasteiger partial charge on any atom is 0.273 e. The summed E-state index contributed by atoms with van der Waals surface area (Å²) in [6.07, 6.45) is 0.155. The highest BCUT2D eigenvalue weighted by atomic mass is 16.6. The zero-order valence-corrected chi connectivity index (χ0v) is 39.4. The molecule has 0 radical (unpaired) electrons. The Kier molecular flexibility index (Phi) is 15.3. The lowest BCUT2D eigenvalue weighted by molar-refractivity contribution is -0.131. The van der Waals surface area contributed by atoms with E-state index in [0.717, 1.165) is 46.2 Å². The number of hydrogen-bond donors (Lipinski definition) is 2. The minimum atomic E-state index is -1.42. The number of allylic oxidation sites excluding steroid dienone is 1. The van der Waals surface area contributed by atoms with E-state index in [-0.39, 0.29) is 18.2 Å². The van der Waals surface area contributed by atoms with E-state index in [1.807, 2.05) is 165 Å². The molecule has 2 N–H and O–H groups in total. The number of methoxy groups -OCH3 is 4. The lowest BCUT2D eigenvalue weighted by Crippen LogP contribution is -2.46. The Morgan fingerprint density at radius 2 is 1.04 bits per heavy atom. The zero-order valence-electron chi connectivity index (χ0n) is 39.4. The average molecular weight is 931 g/mol. The average Bonchev–Trinajstić information content (AvgIpc) is 3.71. The van der Waals surface area contributed by atoms with Gasteiger partial charge < -0.3 is 47.9 Å². The number of aliphatic hydroxyl groups is 2. The molecule has 8 rings (SSSR count). The first kappa shape index (κ1) is 48.2. The van der Waals surface area contributed by atoms with Crippen molar-refractivity contribution in [2.75, 3.05) is 35.0 Å². The van der Waals surface area contributed by atoms with Gasteiger partial charge in [-0.3, -0.25) is 4.79 Å². The molecule has 12 heteroatoms. The van der Waals surface area contributed by atoms with E-state index >= 15 is 0 Å². The first-order valence-corrected chi connectivity index (χ1v) is 23.0. The Labute approximate surface area is 402 Å². The standard InChI is InChI=1S/C57H58N2O10/c1-6-7-18-45(60)37-51-58-52(61)35-36-59(51)55-53(62)54(69-57(40-16-12-9-13-17-40,43-23-31-48(65-4)32-24-43)44-25-33-49(66-5)34-26-44)50(68-55)38-67-56(39-14-10-8-11-15-39,41-19-27-46(63-2)28-20-41)42-21-29-47(64-3)30-22-42/h8-17,19-37,50,53-55,60,62H,6-7,18,38H2,1-5H3/b45-37+/t50-,53+,54-,55-/m1/s1. The van der Waals surface area contributed by atoms with Gasteiger partial charge in [0.25, 0.3) is 5.56 Å². The fraction of sp³-hybridized carbons (Fsp3) is 0.263. The van der Waals surface area contributed by atoms with Gasteiger partial charge in [-0.1, -0.05) is 123 Å². The number of nitrogens with zero attached hydrogens (tertiary/aromatic N) is 2. The van der Waals surface area contributed by atoms with Crippen LogP contribution >= 0.6 is 0 Å². The van der Waals surface area contributed by atoms with Gasteiger partial charge in [0.05, 0.1) is 40.8 Å². The Morgan fingerprint density at radius 1 is 0.623 bits per heavy atom. The van der Waals surface area contributed by atoms with Crippen LogP contribution in [0.25, 0.3) is 6.08 Å². The maximum atomic E-state index is 13.0. The van der Waals surface area contributed by atoms with E-state index < -0.39 is 41.3 Å². The van der Waals surface area contributed by atoms with Gasteiger partial charge in [0.2, 0.25) is 0 Å². The molecule has 1 aromatic heterocycles. The van der Waals surface area contributed by atoms with Gasteiger partial charge in [0.15, 0.2) is 6.23 Å². The van der Waals surface area contributed by atoms with E-state index in [2.05, 4.69) is 4.98 Å². The van der Waals surface area contributed by atoms with Gasteiger partial charge in [-0.25, -0.2) is 0 Å². The van der Waals surface area contributed by atoms with Crippen LogP contribution in [0.2, 0.25) is 0 Å². The largest absolute Gasteiger partial charge is 0.512 e. The SMILES string of the molecule is CCCC/C(O)=C\c1nc(=O)ccn1[C@@H]1O[C@H](COC(c2ccccc2)(c2ccc(OC)cc2)c2ccc(OC)cc2)[C@@H](OC(c2ccccc2)(c2ccc(OC)cc2)c2ccc(OC)cc2)[C@@H]1O. The van der Waals surface area contributed by atoms with E-state index in [4.69, 9.17) is 33.2 Å². The van der Waals surface area contributed by atoms with Crippen LogP contribution in [0.4, 0.5) is 0 Å². The van der Waals surface area contributed by atoms with Crippen LogP contribution < -0.4 is 24.5 Å². The van der Waals surface area contributed by atoms with Gasteiger partial charge >= 0.3 is 0 Å². The predicted molar refractivity (Wildman–Crippen MR) is 264 cm³/mol. The lowest BCUT2D eigenvalue weighted by atomic mass is 9.79. The number of rotatable bonds is 20. The van der Waals surface area contributed by atoms with Crippen molar-refractivity contribution in [1.29, 1.82) is 0 Å². The molecule has 0 aliphatic carbocycles. The molecule has 0 unspecified atom stereocenters. The summed E-state index contributed by atoms with van der Waals surface area (Å²) in [6.45, 7) is 1.89. The summed E-state index contributed by atoms with van der Waals surface area (Å²) >= 11 is 0. The van der Waals surface area contributed by atoms with Crippen LogP contribution in [-0.2, 0) is 25.4 Å². The third-order valence-electron chi connectivity index (χ3n) is 12.7. The Balaban J connectivity index is 1.33. The highest BCUT2D eigenvalue weighted by Crippen LogP contribution is 2.48. The molecule has 69 heavy (non-hydrogen) atoms. The minimum absolute atomic E-state index is 0.0394. The first-order valence-electron chi connectivity index (χ1n) is 23.0. The second kappa shape index (κ2) is 21.8. The Bertz CT molecular complexity index is 2720. The summed E-state index contributed by atoms with van der Waals surface area (Å²) in [6, 6.07) is 51.7. The molecule has 0 spiro atoms. The van der Waals surface area contributed by atoms with E-state index in [1.54, 1.807) is 33.0 Å². The molecule has 1 aliphatic rings. The third-order valence-corrected chi connectivity index (χ3v) is 12.7. The van der Waals surface area contributed by atoms with Gasteiger partial charge in [0.1, 0.15) is 58.3 Å². The van der Waals surface area contributed by atoms with Gasteiger partial charge in [-0.15, -0.1) is 0 Å². The van der Waals surface area contributed by atoms with E-state index in [1.165, 1.54) is 18.3 Å². The zero-order chi connectivity index (χ0) is 48.4. The van der Waals surface area contributed by atoms with Gasteiger partial charge in [-0.2, -0.15) is 4.98 Å². The molecule has 1 fully saturated rings. The van der Waals surface area contributed by atoms with Crippen molar-refractivity contribution >= 4 is 6.08 Å². The van der Waals surface area contributed by atoms with Crippen molar-refractivity contribution in [3.05, 3.63) is 225 Å². The van der Waals surface area contributed by atoms with Crippen LogP contribution in [0.5, 0.6) is 23.0 Å². The highest BCUT2D eigenvalue weighted by molar-refractivity contribution is 5.52. The molecule has 0 saturated carbocycles. The minimum Gasteiger partial charge on any atom is -0.512 e. The van der Waals surface area contributed by atoms with Crippen LogP contribution in [0.3, 0.4) is 0 Å². The molecule has 0 amide bonds. The lowest BCUT2D eigenvalue weighted by Gasteiger charge is -2.41. The number of unbranched alkanes of at least 4 members (excludes halogenated alkanes) is 1. The number of aliphatic hydroxyl groups excluding tert-OH is 2. The number of aromatic nitrogens is 2. The summed E-state index contributed by atoms with van der Waals surface area (Å²) in [4.78, 5) is 17.2. The monoisotopic (exact) mass is 930 g/mol. The number of benzene rings is 6. The van der Waals surface area contributed by atoms with Crippen molar-refractivity contribution in [1.82, 2.24) is 9.55 Å². The quantitative estimate of drug-likeness (QED) is 0.0558. The molecule has 12 nitrogen and oxygen atoms in total. The molecule has 7 aromatic rings. The molecular formula is C57H58N2O10. The van der Waals surface area contributed by atoms with Gasteiger partial charge in [0, 0.05) is 24.8 Å². The van der Waals surface area contributed by atoms with Gasteiger partial charge in [-0.05, 0) is 88.3 Å². The van der Waals surface area contributed by atoms with E-state index in [9.17, 15) is 15.0 Å². The Hall–Kier alpha value is -7.22. The predicted octanol–water partition coefficient (Wildman–Crippen LogP) is 10.0. The van der Waals surface area contributed by atoms with Crippen molar-refractivity contribution in [2.24, 2.45) is 0 Å². The summed E-state index contributed by atoms with van der Waals surface area (Å²) in [5.41, 5.74) is 1.46. The fourth-order valence-electron chi connectivity index (χ4n) is 9.07. The summed E-state index contributed by atoms with van der Waals surface area (Å²) in [7, 11) is 6.47. The molecule has 356 valence electrons. The second-order valence-corrected chi connectivity index (χ2v) is 16.7. The van der Waals surface area contributed by atoms with Crippen molar-refractivity contribution in [3.63, 3.8) is 0 Å². The van der Waals surface area contributed by atoms with Crippen LogP contribution in [0.1, 0.15) is 71.6 Å². The number of hydrogen-bond acceptors (Lipinski definition) is 11.